The molecule has 19 heavy (non-hydrogen) atoms. The number of guanidine groups is 1. The van der Waals surface area contributed by atoms with Crippen molar-refractivity contribution >= 4 is 11.6 Å². The molecule has 0 aromatic carbocycles. The quantitative estimate of drug-likeness (QED) is 0.646. The molecule has 0 spiro atoms. The van der Waals surface area contributed by atoms with Gasteiger partial charge < -0.3 is 15.5 Å². The maximum absolute atomic E-state index is 5.75. The number of nitrogens with two attached hydrogens (primary N) is 1. The highest BCUT2D eigenvalue weighted by atomic mass is 15.1. The summed E-state index contributed by atoms with van der Waals surface area (Å²) in [7, 11) is 0. The molecule has 0 saturated heterocycles. The van der Waals surface area contributed by atoms with Gasteiger partial charge in [0.2, 0.25) is 0 Å². The standard InChI is InChI=1S/C14H21N5/c1-10(2)17-14(15)16-7-6-12-9-19-8-4-5-11(3)13(19)18-12/h4-5,8-10H,6-7H2,1-3H3,(H3,15,16,17). The lowest BCUT2D eigenvalue weighted by molar-refractivity contribution is 0.723. The molecule has 5 heteroatoms. The van der Waals surface area contributed by atoms with E-state index in [4.69, 9.17) is 5.73 Å². The Balaban J connectivity index is 2.00. The number of rotatable bonds is 4. The molecule has 0 unspecified atom stereocenters. The van der Waals surface area contributed by atoms with Gasteiger partial charge in [0, 0.05) is 31.4 Å². The number of pyridine rings is 1. The Morgan fingerprint density at radius 2 is 2.32 bits per heavy atom. The van der Waals surface area contributed by atoms with Crippen molar-refractivity contribution in [2.24, 2.45) is 10.7 Å². The first-order valence-electron chi connectivity index (χ1n) is 6.56. The zero-order valence-corrected chi connectivity index (χ0v) is 11.7. The second-order valence-electron chi connectivity index (χ2n) is 4.97. The average Bonchev–Trinajstić information content (AvgIpc) is 2.72. The highest BCUT2D eigenvalue weighted by Crippen LogP contribution is 2.10. The number of hydrogen-bond donors (Lipinski definition) is 2. The lowest BCUT2D eigenvalue weighted by Gasteiger charge is -2.07. The first kappa shape index (κ1) is 13.4. The summed E-state index contributed by atoms with van der Waals surface area (Å²) in [5.41, 5.74) is 8.98. The summed E-state index contributed by atoms with van der Waals surface area (Å²) in [4.78, 5) is 8.89. The fraction of sp³-hybridized carbons (Fsp3) is 0.429. The van der Waals surface area contributed by atoms with Gasteiger partial charge in [-0.15, -0.1) is 0 Å². The molecule has 2 rings (SSSR count). The third-order valence-electron chi connectivity index (χ3n) is 2.81. The topological polar surface area (TPSA) is 67.7 Å². The van der Waals surface area contributed by atoms with Crippen molar-refractivity contribution in [3.05, 3.63) is 35.8 Å². The highest BCUT2D eigenvalue weighted by molar-refractivity contribution is 5.78. The van der Waals surface area contributed by atoms with Crippen LogP contribution in [-0.4, -0.2) is 27.9 Å². The molecule has 0 aliphatic heterocycles. The van der Waals surface area contributed by atoms with Crippen molar-refractivity contribution < 1.29 is 0 Å². The molecule has 0 radical (unpaired) electrons. The van der Waals surface area contributed by atoms with Gasteiger partial charge in [0.1, 0.15) is 5.65 Å². The summed E-state index contributed by atoms with van der Waals surface area (Å²) in [6, 6.07) is 4.40. The fourth-order valence-electron chi connectivity index (χ4n) is 1.96. The number of nitrogens with one attached hydrogen (secondary N) is 1. The van der Waals surface area contributed by atoms with E-state index in [-0.39, 0.29) is 0 Å². The fourth-order valence-corrected chi connectivity index (χ4v) is 1.96. The summed E-state index contributed by atoms with van der Waals surface area (Å²) >= 11 is 0. The predicted octanol–water partition coefficient (Wildman–Crippen LogP) is 1.50. The maximum atomic E-state index is 5.75. The molecule has 0 aliphatic carbocycles. The third kappa shape index (κ3) is 3.47. The van der Waals surface area contributed by atoms with Crippen LogP contribution in [0.25, 0.3) is 5.65 Å². The molecular formula is C14H21N5. The lowest BCUT2D eigenvalue weighted by Crippen LogP contribution is -2.36. The molecule has 3 N–H and O–H groups in total. The normalized spacial score (nSPS) is 12.3. The van der Waals surface area contributed by atoms with Crippen LogP contribution < -0.4 is 11.1 Å². The second-order valence-corrected chi connectivity index (χ2v) is 4.97. The van der Waals surface area contributed by atoms with Gasteiger partial charge in [-0.1, -0.05) is 6.07 Å². The number of nitrogens with zero attached hydrogens (tertiary/aromatic N) is 3. The Hall–Kier alpha value is -2.04. The van der Waals surface area contributed by atoms with Gasteiger partial charge in [0.15, 0.2) is 5.96 Å². The van der Waals surface area contributed by atoms with E-state index < -0.39 is 0 Å². The molecule has 0 aliphatic rings. The molecule has 2 aromatic heterocycles. The number of hydrogen-bond acceptors (Lipinski definition) is 2. The Kier molecular flexibility index (Phi) is 4.04. The Labute approximate surface area is 113 Å². The SMILES string of the molecule is Cc1cccn2cc(CCN=C(N)NC(C)C)nc12. The van der Waals surface area contributed by atoms with Gasteiger partial charge >= 0.3 is 0 Å². The van der Waals surface area contributed by atoms with Crippen LogP contribution >= 0.6 is 0 Å². The third-order valence-corrected chi connectivity index (χ3v) is 2.81. The summed E-state index contributed by atoms with van der Waals surface area (Å²) in [6.45, 7) is 6.78. The molecule has 5 nitrogen and oxygen atoms in total. The molecule has 102 valence electrons. The van der Waals surface area contributed by atoms with Crippen LogP contribution in [-0.2, 0) is 6.42 Å². The van der Waals surface area contributed by atoms with E-state index in [2.05, 4.69) is 28.3 Å². The predicted molar refractivity (Wildman–Crippen MR) is 78.4 cm³/mol. The van der Waals surface area contributed by atoms with E-state index in [1.165, 1.54) is 5.56 Å². The highest BCUT2D eigenvalue weighted by Gasteiger charge is 2.03. The summed E-state index contributed by atoms with van der Waals surface area (Å²) < 4.78 is 2.05. The van der Waals surface area contributed by atoms with E-state index in [0.29, 0.717) is 18.5 Å². The number of aryl methyl sites for hydroxylation is 1. The molecule has 0 saturated carbocycles. The van der Waals surface area contributed by atoms with E-state index in [0.717, 1.165) is 17.8 Å². The Bertz CT molecular complexity index is 583. The van der Waals surface area contributed by atoms with Crippen LogP contribution in [0.4, 0.5) is 0 Å². The molecular weight excluding hydrogens is 238 g/mol. The largest absolute Gasteiger partial charge is 0.370 e. The van der Waals surface area contributed by atoms with Crippen LogP contribution in [0.5, 0.6) is 0 Å². The first-order valence-corrected chi connectivity index (χ1v) is 6.56. The molecule has 0 atom stereocenters. The maximum Gasteiger partial charge on any atom is 0.188 e. The minimum atomic E-state index is 0.307. The number of fused-ring (bicyclic) bond motifs is 1. The van der Waals surface area contributed by atoms with E-state index >= 15 is 0 Å². The zero-order chi connectivity index (χ0) is 13.8. The van der Waals surface area contributed by atoms with Crippen molar-refractivity contribution in [2.45, 2.75) is 33.2 Å². The smallest absolute Gasteiger partial charge is 0.188 e. The number of aliphatic imine (C=N–C) groups is 1. The molecule has 0 bridgehead atoms. The van der Waals surface area contributed by atoms with Crippen LogP contribution in [0.3, 0.4) is 0 Å². The van der Waals surface area contributed by atoms with Crippen LogP contribution in [0.2, 0.25) is 0 Å². The van der Waals surface area contributed by atoms with Gasteiger partial charge in [-0.3, -0.25) is 4.99 Å². The van der Waals surface area contributed by atoms with Crippen LogP contribution in [0.15, 0.2) is 29.5 Å². The number of aromatic nitrogens is 2. The Morgan fingerprint density at radius 3 is 3.00 bits per heavy atom. The Morgan fingerprint density at radius 1 is 1.53 bits per heavy atom. The molecule has 2 aromatic rings. The molecule has 0 amide bonds. The van der Waals surface area contributed by atoms with Crippen molar-refractivity contribution in [1.29, 1.82) is 0 Å². The van der Waals surface area contributed by atoms with Crippen molar-refractivity contribution in [2.75, 3.05) is 6.54 Å². The van der Waals surface area contributed by atoms with Crippen molar-refractivity contribution in [3.8, 4) is 0 Å². The minimum Gasteiger partial charge on any atom is -0.370 e. The molecule has 0 fully saturated rings. The molecule has 2 heterocycles. The van der Waals surface area contributed by atoms with Gasteiger partial charge in [-0.25, -0.2) is 4.98 Å². The monoisotopic (exact) mass is 259 g/mol. The van der Waals surface area contributed by atoms with Crippen LogP contribution in [0, 0.1) is 6.92 Å². The average molecular weight is 259 g/mol. The van der Waals surface area contributed by atoms with Crippen molar-refractivity contribution in [3.63, 3.8) is 0 Å². The van der Waals surface area contributed by atoms with Gasteiger partial charge in [0.25, 0.3) is 0 Å². The van der Waals surface area contributed by atoms with Crippen molar-refractivity contribution in [1.82, 2.24) is 14.7 Å². The van der Waals surface area contributed by atoms with E-state index in [1.807, 2.05) is 36.7 Å². The second kappa shape index (κ2) is 5.73. The van der Waals surface area contributed by atoms with Crippen LogP contribution in [0.1, 0.15) is 25.1 Å². The lowest BCUT2D eigenvalue weighted by atomic mass is 10.3. The summed E-state index contributed by atoms with van der Waals surface area (Å²) in [5.74, 6) is 0.495. The van der Waals surface area contributed by atoms with E-state index in [1.54, 1.807) is 0 Å². The summed E-state index contributed by atoms with van der Waals surface area (Å²) in [5, 5.41) is 3.07. The van der Waals surface area contributed by atoms with Gasteiger partial charge in [-0.05, 0) is 32.4 Å². The summed E-state index contributed by atoms with van der Waals surface area (Å²) in [6.07, 6.45) is 4.85. The van der Waals surface area contributed by atoms with E-state index in [9.17, 15) is 0 Å². The first-order chi connectivity index (χ1) is 9.06. The van der Waals surface area contributed by atoms with Gasteiger partial charge in [-0.2, -0.15) is 0 Å². The number of imidazole rings is 1. The minimum absolute atomic E-state index is 0.307. The van der Waals surface area contributed by atoms with Gasteiger partial charge in [0.05, 0.1) is 5.69 Å². The zero-order valence-electron chi connectivity index (χ0n) is 11.7.